The standard InChI is InChI=1S/C29H29NO14S/c1-6-37-28(36)25-22(19-11-45-12-30-19)23(35)18-8-7-17(9-20(18)43-25)42-29-27(41-16(5)34)26(40-15(4)33)24(39-14(3)32)21(44-29)10-38-13(2)31/h7-9,11-12,21,24,26-27,29H,6,10H2,1-5H3/t21-,24-,26-,27+,29-/m1/s1. The predicted octanol–water partition coefficient (Wildman–Crippen LogP) is 2.56. The number of esters is 5. The largest absolute Gasteiger partial charge is 0.463 e. The summed E-state index contributed by atoms with van der Waals surface area (Å²) in [6, 6.07) is 4.06. The number of fused-ring (bicyclic) bond motifs is 1. The van der Waals surface area contributed by atoms with Crippen molar-refractivity contribution in [3.63, 3.8) is 0 Å². The van der Waals surface area contributed by atoms with Gasteiger partial charge in [-0.1, -0.05) is 0 Å². The van der Waals surface area contributed by atoms with Crippen molar-refractivity contribution in [2.75, 3.05) is 13.2 Å². The fraction of sp³-hybridized carbons (Fsp3) is 0.414. The predicted molar refractivity (Wildman–Crippen MR) is 152 cm³/mol. The van der Waals surface area contributed by atoms with E-state index in [4.69, 9.17) is 37.6 Å². The Morgan fingerprint density at radius 2 is 1.56 bits per heavy atom. The van der Waals surface area contributed by atoms with Crippen LogP contribution in [0.5, 0.6) is 5.75 Å². The average Bonchev–Trinajstić information content (AvgIpc) is 3.49. The lowest BCUT2D eigenvalue weighted by atomic mass is 9.98. The van der Waals surface area contributed by atoms with E-state index in [-0.39, 0.29) is 40.3 Å². The molecule has 1 saturated heterocycles. The van der Waals surface area contributed by atoms with Gasteiger partial charge in [0.1, 0.15) is 24.0 Å². The second-order valence-corrected chi connectivity index (χ2v) is 10.3. The molecule has 0 N–H and O–H groups in total. The van der Waals surface area contributed by atoms with Crippen molar-refractivity contribution in [1.29, 1.82) is 0 Å². The minimum Gasteiger partial charge on any atom is -0.463 e. The van der Waals surface area contributed by atoms with Crippen molar-refractivity contribution < 1.29 is 61.5 Å². The first-order valence-corrected chi connectivity index (χ1v) is 14.5. The van der Waals surface area contributed by atoms with Gasteiger partial charge in [0.2, 0.25) is 23.6 Å². The molecule has 45 heavy (non-hydrogen) atoms. The number of hydrogen-bond acceptors (Lipinski definition) is 16. The molecule has 0 saturated carbocycles. The number of carbonyl (C=O) groups excluding carboxylic acids is 5. The van der Waals surface area contributed by atoms with Gasteiger partial charge in [-0.05, 0) is 19.1 Å². The van der Waals surface area contributed by atoms with E-state index >= 15 is 0 Å². The zero-order valence-electron chi connectivity index (χ0n) is 24.8. The molecule has 240 valence electrons. The van der Waals surface area contributed by atoms with Gasteiger partial charge in [0.25, 0.3) is 0 Å². The summed E-state index contributed by atoms with van der Waals surface area (Å²) in [7, 11) is 0. The summed E-state index contributed by atoms with van der Waals surface area (Å²) < 4.78 is 44.2. The van der Waals surface area contributed by atoms with Crippen molar-refractivity contribution in [3.05, 3.63) is 45.1 Å². The SMILES string of the molecule is CCOC(=O)c1oc2cc(O[C@@H]3O[C@H](COC(C)=O)[C@@H](OC(C)=O)[C@@H](OC(C)=O)[C@@H]3OC(C)=O)ccc2c(=O)c1-c1cscn1. The van der Waals surface area contributed by atoms with Gasteiger partial charge in [-0.25, -0.2) is 9.78 Å². The molecular formula is C29H29NO14S. The van der Waals surface area contributed by atoms with E-state index in [0.717, 1.165) is 27.7 Å². The Balaban J connectivity index is 1.78. The Bertz CT molecular complexity index is 1650. The quantitative estimate of drug-likeness (QED) is 0.230. The molecule has 1 aliphatic heterocycles. The maximum atomic E-state index is 13.5. The smallest absolute Gasteiger partial charge is 0.375 e. The second-order valence-electron chi connectivity index (χ2n) is 9.57. The lowest BCUT2D eigenvalue weighted by Crippen LogP contribution is -2.63. The van der Waals surface area contributed by atoms with Crippen LogP contribution in [0.1, 0.15) is 45.2 Å². The van der Waals surface area contributed by atoms with E-state index in [1.807, 2.05) is 0 Å². The van der Waals surface area contributed by atoms with Crippen LogP contribution in [-0.4, -0.2) is 78.8 Å². The molecule has 0 aliphatic carbocycles. The molecule has 0 bridgehead atoms. The van der Waals surface area contributed by atoms with Crippen molar-refractivity contribution in [1.82, 2.24) is 4.98 Å². The van der Waals surface area contributed by atoms with Crippen LogP contribution in [0.3, 0.4) is 0 Å². The molecule has 0 amide bonds. The third-order valence-electron chi connectivity index (χ3n) is 6.21. The summed E-state index contributed by atoms with van der Waals surface area (Å²) in [6.07, 6.45) is -7.10. The number of nitrogens with zero attached hydrogens (tertiary/aromatic N) is 1. The number of rotatable bonds is 10. The number of ether oxygens (including phenoxy) is 7. The number of hydrogen-bond donors (Lipinski definition) is 0. The van der Waals surface area contributed by atoms with Crippen LogP contribution in [0.4, 0.5) is 0 Å². The summed E-state index contributed by atoms with van der Waals surface area (Å²) in [4.78, 5) is 78.2. The molecule has 3 heterocycles. The Morgan fingerprint density at radius 3 is 2.16 bits per heavy atom. The van der Waals surface area contributed by atoms with E-state index < -0.39 is 72.6 Å². The van der Waals surface area contributed by atoms with Gasteiger partial charge in [0.05, 0.1) is 28.8 Å². The highest BCUT2D eigenvalue weighted by atomic mass is 32.1. The Kier molecular flexibility index (Phi) is 10.5. The summed E-state index contributed by atoms with van der Waals surface area (Å²) in [5.74, 6) is -4.34. The van der Waals surface area contributed by atoms with Crippen molar-refractivity contribution >= 4 is 52.2 Å². The maximum absolute atomic E-state index is 13.5. The van der Waals surface area contributed by atoms with Crippen LogP contribution < -0.4 is 10.2 Å². The second kappa shape index (κ2) is 14.3. The molecule has 0 unspecified atom stereocenters. The van der Waals surface area contributed by atoms with Gasteiger partial charge in [-0.2, -0.15) is 0 Å². The van der Waals surface area contributed by atoms with E-state index in [9.17, 15) is 28.8 Å². The molecule has 1 aromatic carbocycles. The van der Waals surface area contributed by atoms with Crippen molar-refractivity contribution in [2.45, 2.75) is 65.3 Å². The first kappa shape index (κ1) is 33.1. The molecule has 2 aromatic heterocycles. The molecule has 16 heteroatoms. The fourth-order valence-electron chi connectivity index (χ4n) is 4.57. The van der Waals surface area contributed by atoms with Crippen LogP contribution >= 0.6 is 11.3 Å². The number of thiazole rings is 1. The van der Waals surface area contributed by atoms with Gasteiger partial charge >= 0.3 is 29.8 Å². The summed E-state index contributed by atoms with van der Waals surface area (Å²) in [5.41, 5.74) is 1.04. The maximum Gasteiger partial charge on any atom is 0.375 e. The molecule has 0 spiro atoms. The van der Waals surface area contributed by atoms with Crippen LogP contribution in [0.25, 0.3) is 22.2 Å². The molecule has 3 aromatic rings. The minimum absolute atomic E-state index is 0.00256. The van der Waals surface area contributed by atoms with Gasteiger partial charge in [0, 0.05) is 39.1 Å². The van der Waals surface area contributed by atoms with Crippen LogP contribution in [-0.2, 0) is 47.6 Å². The highest BCUT2D eigenvalue weighted by Crippen LogP contribution is 2.33. The number of carbonyl (C=O) groups is 5. The molecule has 15 nitrogen and oxygen atoms in total. The van der Waals surface area contributed by atoms with Gasteiger partial charge < -0.3 is 37.6 Å². The number of benzene rings is 1. The minimum atomic E-state index is -1.53. The highest BCUT2D eigenvalue weighted by molar-refractivity contribution is 7.07. The summed E-state index contributed by atoms with van der Waals surface area (Å²) in [5, 5.41) is 1.67. The molecule has 1 fully saturated rings. The topological polar surface area (TPSA) is 193 Å². The van der Waals surface area contributed by atoms with E-state index in [2.05, 4.69) is 4.98 Å². The first-order chi connectivity index (χ1) is 21.4. The molecule has 5 atom stereocenters. The van der Waals surface area contributed by atoms with Crippen LogP contribution in [0.2, 0.25) is 0 Å². The molecule has 4 rings (SSSR count). The monoisotopic (exact) mass is 647 g/mol. The van der Waals surface area contributed by atoms with Gasteiger partial charge in [-0.3, -0.25) is 24.0 Å². The fourth-order valence-corrected chi connectivity index (χ4v) is 5.12. The normalized spacial score (nSPS) is 21.0. The van der Waals surface area contributed by atoms with E-state index in [1.54, 1.807) is 12.3 Å². The Morgan fingerprint density at radius 1 is 0.889 bits per heavy atom. The van der Waals surface area contributed by atoms with Crippen molar-refractivity contribution in [3.8, 4) is 17.0 Å². The Labute approximate surface area is 259 Å². The number of aromatic nitrogens is 1. The van der Waals surface area contributed by atoms with Crippen LogP contribution in [0.15, 0.2) is 38.3 Å². The first-order valence-electron chi connectivity index (χ1n) is 13.5. The highest BCUT2D eigenvalue weighted by Gasteiger charge is 2.53. The average molecular weight is 648 g/mol. The zero-order valence-corrected chi connectivity index (χ0v) is 25.6. The lowest BCUT2D eigenvalue weighted by molar-refractivity contribution is -0.288. The van der Waals surface area contributed by atoms with Gasteiger partial charge in [0.15, 0.2) is 12.2 Å². The third-order valence-corrected chi connectivity index (χ3v) is 6.80. The van der Waals surface area contributed by atoms with Crippen LogP contribution in [0, 0.1) is 0 Å². The lowest BCUT2D eigenvalue weighted by Gasteiger charge is -2.43. The van der Waals surface area contributed by atoms with Gasteiger partial charge in [-0.15, -0.1) is 11.3 Å². The van der Waals surface area contributed by atoms with E-state index in [1.165, 1.54) is 35.0 Å². The zero-order chi connectivity index (χ0) is 32.8. The van der Waals surface area contributed by atoms with E-state index in [0.29, 0.717) is 0 Å². The molecule has 1 aliphatic rings. The summed E-state index contributed by atoms with van der Waals surface area (Å²) >= 11 is 1.22. The molecular weight excluding hydrogens is 618 g/mol. The summed E-state index contributed by atoms with van der Waals surface area (Å²) in [6.45, 7) is 5.60. The van der Waals surface area contributed by atoms with Crippen molar-refractivity contribution in [2.24, 2.45) is 0 Å². The Hall–Kier alpha value is -4.83. The third kappa shape index (κ3) is 7.82. The molecule has 0 radical (unpaired) electrons.